The zero-order chi connectivity index (χ0) is 18.2. The van der Waals surface area contributed by atoms with E-state index in [1.165, 1.54) is 16.7 Å². The number of hydrogen-bond donors (Lipinski definition) is 1. The van der Waals surface area contributed by atoms with Crippen molar-refractivity contribution in [3.8, 4) is 5.75 Å². The molecule has 0 aliphatic carbocycles. The molecule has 2 N–H and O–H groups in total. The SMILES string of the molecule is COc1ccc(CN(Cc2ccncc2)Cc2ccc(CN)cc2)cc1. The first kappa shape index (κ1) is 18.1. The van der Waals surface area contributed by atoms with Crippen LogP contribution >= 0.6 is 0 Å². The number of pyridine rings is 1. The highest BCUT2D eigenvalue weighted by molar-refractivity contribution is 5.27. The van der Waals surface area contributed by atoms with Gasteiger partial charge in [0.1, 0.15) is 5.75 Å². The van der Waals surface area contributed by atoms with Crippen LogP contribution in [0, 0.1) is 0 Å². The summed E-state index contributed by atoms with van der Waals surface area (Å²) < 4.78 is 5.26. The number of aromatic nitrogens is 1. The number of nitrogens with zero attached hydrogens (tertiary/aromatic N) is 2. The van der Waals surface area contributed by atoms with Crippen LogP contribution in [0.25, 0.3) is 0 Å². The summed E-state index contributed by atoms with van der Waals surface area (Å²) in [6.45, 7) is 3.18. The molecule has 2 aromatic carbocycles. The molecule has 0 unspecified atom stereocenters. The summed E-state index contributed by atoms with van der Waals surface area (Å²) in [5.41, 5.74) is 10.7. The lowest BCUT2D eigenvalue weighted by atomic mass is 10.1. The van der Waals surface area contributed by atoms with Crippen LogP contribution in [-0.4, -0.2) is 17.0 Å². The number of rotatable bonds is 8. The van der Waals surface area contributed by atoms with Crippen molar-refractivity contribution in [3.05, 3.63) is 95.3 Å². The predicted octanol–water partition coefficient (Wildman–Crippen LogP) is 3.75. The first-order valence-electron chi connectivity index (χ1n) is 8.79. The summed E-state index contributed by atoms with van der Waals surface area (Å²) in [5, 5.41) is 0. The summed E-state index contributed by atoms with van der Waals surface area (Å²) in [6, 6.07) is 20.9. The van der Waals surface area contributed by atoms with Crippen LogP contribution in [0.4, 0.5) is 0 Å². The highest BCUT2D eigenvalue weighted by atomic mass is 16.5. The standard InChI is InChI=1S/C22H25N3O/c1-26-22-8-6-20(7-9-22)16-25(17-21-10-12-24-13-11-21)15-19-4-2-18(14-23)3-5-19/h2-13H,14-17,23H2,1H3. The summed E-state index contributed by atoms with van der Waals surface area (Å²) in [6.07, 6.45) is 3.69. The van der Waals surface area contributed by atoms with E-state index in [1.807, 2.05) is 24.5 Å². The van der Waals surface area contributed by atoms with Crippen molar-refractivity contribution in [2.45, 2.75) is 26.2 Å². The number of methoxy groups -OCH3 is 1. The van der Waals surface area contributed by atoms with E-state index < -0.39 is 0 Å². The van der Waals surface area contributed by atoms with E-state index in [9.17, 15) is 0 Å². The van der Waals surface area contributed by atoms with Crippen molar-refractivity contribution >= 4 is 0 Å². The van der Waals surface area contributed by atoms with Crippen LogP contribution in [0.15, 0.2) is 73.1 Å². The van der Waals surface area contributed by atoms with Crippen molar-refractivity contribution in [2.75, 3.05) is 7.11 Å². The van der Waals surface area contributed by atoms with Gasteiger partial charge in [-0.05, 0) is 46.5 Å². The largest absolute Gasteiger partial charge is 0.497 e. The molecule has 134 valence electrons. The van der Waals surface area contributed by atoms with E-state index in [4.69, 9.17) is 10.5 Å². The zero-order valence-electron chi connectivity index (χ0n) is 15.1. The Bertz CT molecular complexity index is 736. The average molecular weight is 347 g/mol. The molecule has 0 aliphatic heterocycles. The van der Waals surface area contributed by atoms with E-state index in [2.05, 4.69) is 58.4 Å². The van der Waals surface area contributed by atoms with Crippen molar-refractivity contribution < 1.29 is 4.74 Å². The molecule has 1 aromatic heterocycles. The third-order valence-corrected chi connectivity index (χ3v) is 4.39. The lowest BCUT2D eigenvalue weighted by Gasteiger charge is -2.23. The van der Waals surface area contributed by atoms with E-state index >= 15 is 0 Å². The van der Waals surface area contributed by atoms with Gasteiger partial charge in [-0.15, -0.1) is 0 Å². The quantitative estimate of drug-likeness (QED) is 0.674. The van der Waals surface area contributed by atoms with Crippen LogP contribution in [0.3, 0.4) is 0 Å². The Morgan fingerprint density at radius 1 is 0.731 bits per heavy atom. The molecule has 26 heavy (non-hydrogen) atoms. The number of hydrogen-bond acceptors (Lipinski definition) is 4. The third-order valence-electron chi connectivity index (χ3n) is 4.39. The van der Waals surface area contributed by atoms with E-state index in [1.54, 1.807) is 7.11 Å². The second-order valence-corrected chi connectivity index (χ2v) is 6.37. The van der Waals surface area contributed by atoms with E-state index in [0.717, 1.165) is 30.9 Å². The average Bonchev–Trinajstić information content (AvgIpc) is 2.70. The Labute approximate surface area is 155 Å². The highest BCUT2D eigenvalue weighted by Gasteiger charge is 2.09. The van der Waals surface area contributed by atoms with Crippen molar-refractivity contribution in [1.82, 2.24) is 9.88 Å². The molecule has 0 fully saturated rings. The summed E-state index contributed by atoms with van der Waals surface area (Å²) in [5.74, 6) is 0.881. The molecular formula is C22H25N3O. The smallest absolute Gasteiger partial charge is 0.118 e. The fourth-order valence-corrected chi connectivity index (χ4v) is 2.94. The normalized spacial score (nSPS) is 10.9. The highest BCUT2D eigenvalue weighted by Crippen LogP contribution is 2.17. The fourth-order valence-electron chi connectivity index (χ4n) is 2.94. The van der Waals surface area contributed by atoms with Crippen LogP contribution in [0.5, 0.6) is 5.75 Å². The summed E-state index contributed by atoms with van der Waals surface area (Å²) in [4.78, 5) is 6.54. The molecule has 0 bridgehead atoms. The lowest BCUT2D eigenvalue weighted by molar-refractivity contribution is 0.247. The lowest BCUT2D eigenvalue weighted by Crippen LogP contribution is -2.22. The topological polar surface area (TPSA) is 51.4 Å². The Kier molecular flexibility index (Phi) is 6.36. The van der Waals surface area contributed by atoms with Crippen LogP contribution in [-0.2, 0) is 26.2 Å². The number of benzene rings is 2. The molecule has 0 saturated carbocycles. The first-order chi connectivity index (χ1) is 12.8. The Morgan fingerprint density at radius 2 is 1.19 bits per heavy atom. The zero-order valence-corrected chi connectivity index (χ0v) is 15.1. The predicted molar refractivity (Wildman–Crippen MR) is 105 cm³/mol. The second kappa shape index (κ2) is 9.13. The minimum Gasteiger partial charge on any atom is -0.497 e. The van der Waals surface area contributed by atoms with Gasteiger partial charge in [0.05, 0.1) is 7.11 Å². The van der Waals surface area contributed by atoms with Crippen LogP contribution in [0.1, 0.15) is 22.3 Å². The fraction of sp³-hybridized carbons (Fsp3) is 0.227. The van der Waals surface area contributed by atoms with Gasteiger partial charge in [-0.3, -0.25) is 9.88 Å². The maximum absolute atomic E-state index is 5.70. The number of nitrogens with two attached hydrogens (primary N) is 1. The first-order valence-corrected chi connectivity index (χ1v) is 8.79. The molecule has 3 rings (SSSR count). The van der Waals surface area contributed by atoms with Gasteiger partial charge in [0.15, 0.2) is 0 Å². The number of ether oxygens (including phenoxy) is 1. The van der Waals surface area contributed by atoms with Gasteiger partial charge in [-0.2, -0.15) is 0 Å². The molecule has 4 heteroatoms. The molecule has 4 nitrogen and oxygen atoms in total. The van der Waals surface area contributed by atoms with Gasteiger partial charge in [0, 0.05) is 38.6 Å². The van der Waals surface area contributed by atoms with Gasteiger partial charge in [-0.1, -0.05) is 36.4 Å². The van der Waals surface area contributed by atoms with Gasteiger partial charge >= 0.3 is 0 Å². The van der Waals surface area contributed by atoms with Crippen molar-refractivity contribution in [2.24, 2.45) is 5.73 Å². The Morgan fingerprint density at radius 3 is 1.69 bits per heavy atom. The van der Waals surface area contributed by atoms with Gasteiger partial charge in [0.2, 0.25) is 0 Å². The monoisotopic (exact) mass is 347 g/mol. The molecule has 1 heterocycles. The maximum atomic E-state index is 5.70. The molecule has 0 spiro atoms. The Hall–Kier alpha value is -2.69. The van der Waals surface area contributed by atoms with Gasteiger partial charge in [0.25, 0.3) is 0 Å². The van der Waals surface area contributed by atoms with E-state index in [-0.39, 0.29) is 0 Å². The summed E-state index contributed by atoms with van der Waals surface area (Å²) in [7, 11) is 1.69. The molecule has 3 aromatic rings. The Balaban J connectivity index is 1.75. The van der Waals surface area contributed by atoms with Crippen LogP contribution in [0.2, 0.25) is 0 Å². The van der Waals surface area contributed by atoms with Crippen molar-refractivity contribution in [3.63, 3.8) is 0 Å². The van der Waals surface area contributed by atoms with E-state index in [0.29, 0.717) is 6.54 Å². The summed E-state index contributed by atoms with van der Waals surface area (Å²) >= 11 is 0. The second-order valence-electron chi connectivity index (χ2n) is 6.37. The molecule has 0 amide bonds. The molecule has 0 saturated heterocycles. The third kappa shape index (κ3) is 5.15. The molecular weight excluding hydrogens is 322 g/mol. The molecule has 0 aliphatic rings. The molecule has 0 atom stereocenters. The minimum atomic E-state index is 0.576. The van der Waals surface area contributed by atoms with Crippen LogP contribution < -0.4 is 10.5 Å². The maximum Gasteiger partial charge on any atom is 0.118 e. The van der Waals surface area contributed by atoms with Gasteiger partial charge < -0.3 is 10.5 Å². The molecule has 0 radical (unpaired) electrons. The van der Waals surface area contributed by atoms with Crippen molar-refractivity contribution in [1.29, 1.82) is 0 Å². The minimum absolute atomic E-state index is 0.576. The van der Waals surface area contributed by atoms with Gasteiger partial charge in [-0.25, -0.2) is 0 Å².